The van der Waals surface area contributed by atoms with Gasteiger partial charge in [-0.2, -0.15) is 0 Å². The molecule has 2 unspecified atom stereocenters. The largest absolute Gasteiger partial charge is 0.326 e. The smallest absolute Gasteiger partial charge is 0.0229 e. The van der Waals surface area contributed by atoms with Gasteiger partial charge in [0.15, 0.2) is 0 Å². The summed E-state index contributed by atoms with van der Waals surface area (Å²) in [6.45, 7) is 3.58. The lowest BCUT2D eigenvalue weighted by molar-refractivity contribution is 0.218. The van der Waals surface area contributed by atoms with Gasteiger partial charge < -0.3 is 15.5 Å². The van der Waals surface area contributed by atoms with Crippen molar-refractivity contribution >= 4 is 0 Å². The number of nitrogens with two attached hydrogens (primary N) is 1. The lowest BCUT2D eigenvalue weighted by Crippen LogP contribution is -2.43. The molecule has 0 aromatic heterocycles. The van der Waals surface area contributed by atoms with Gasteiger partial charge in [-0.25, -0.2) is 0 Å². The van der Waals surface area contributed by atoms with Crippen LogP contribution < -0.4 is 5.73 Å². The monoisotopic (exact) mass is 239 g/mol. The summed E-state index contributed by atoms with van der Waals surface area (Å²) in [4.78, 5) is 4.93. The van der Waals surface area contributed by atoms with Crippen molar-refractivity contribution in [3.63, 3.8) is 0 Å². The lowest BCUT2D eigenvalue weighted by Gasteiger charge is -2.30. The van der Waals surface area contributed by atoms with Crippen LogP contribution in [-0.2, 0) is 0 Å². The summed E-state index contributed by atoms with van der Waals surface area (Å²) in [5, 5.41) is 0. The number of likely N-dealkylation sites (tertiary alicyclic amines) is 1. The predicted molar refractivity (Wildman–Crippen MR) is 73.1 cm³/mol. The minimum Gasteiger partial charge on any atom is -0.326 e. The Morgan fingerprint density at radius 2 is 1.88 bits per heavy atom. The molecule has 2 N–H and O–H groups in total. The van der Waals surface area contributed by atoms with Crippen LogP contribution in [0.4, 0.5) is 0 Å². The maximum absolute atomic E-state index is 6.39. The summed E-state index contributed by atoms with van der Waals surface area (Å²) in [6, 6.07) is 1.16. The van der Waals surface area contributed by atoms with Crippen molar-refractivity contribution in [2.24, 2.45) is 11.7 Å². The van der Waals surface area contributed by atoms with Crippen LogP contribution in [0.5, 0.6) is 0 Å². The van der Waals surface area contributed by atoms with Crippen LogP contribution in [0, 0.1) is 5.92 Å². The highest BCUT2D eigenvalue weighted by atomic mass is 15.2. The standard InChI is InChI=1S/C14H29N3/c1-16(2)13-8-9-17(10-13)11-14(15)12-6-4-3-5-7-12/h12-14H,3-11,15H2,1-2H3. The Hall–Kier alpha value is -0.120. The molecule has 2 aliphatic rings. The van der Waals surface area contributed by atoms with Gasteiger partial charge in [-0.15, -0.1) is 0 Å². The zero-order valence-corrected chi connectivity index (χ0v) is 11.6. The van der Waals surface area contributed by atoms with Crippen LogP contribution in [0.3, 0.4) is 0 Å². The van der Waals surface area contributed by atoms with E-state index in [-0.39, 0.29) is 0 Å². The van der Waals surface area contributed by atoms with Gasteiger partial charge in [0.2, 0.25) is 0 Å². The van der Waals surface area contributed by atoms with Crippen molar-refractivity contribution in [2.45, 2.75) is 50.6 Å². The molecule has 1 saturated carbocycles. The predicted octanol–water partition coefficient (Wildman–Crippen LogP) is 1.53. The van der Waals surface area contributed by atoms with Crippen LogP contribution >= 0.6 is 0 Å². The van der Waals surface area contributed by atoms with Gasteiger partial charge in [0.05, 0.1) is 0 Å². The van der Waals surface area contributed by atoms with E-state index in [0.717, 1.165) is 18.5 Å². The number of hydrogen-bond donors (Lipinski definition) is 1. The molecule has 1 aliphatic carbocycles. The third-order valence-corrected chi connectivity index (χ3v) is 4.70. The molecule has 0 aromatic rings. The van der Waals surface area contributed by atoms with Crippen molar-refractivity contribution < 1.29 is 0 Å². The molecule has 100 valence electrons. The number of likely N-dealkylation sites (N-methyl/N-ethyl adjacent to an activating group) is 1. The Kier molecular flexibility index (Phi) is 4.83. The van der Waals surface area contributed by atoms with Gasteiger partial charge in [-0.05, 0) is 45.8 Å². The first-order chi connectivity index (χ1) is 8.16. The van der Waals surface area contributed by atoms with Gasteiger partial charge in [0, 0.05) is 25.2 Å². The topological polar surface area (TPSA) is 32.5 Å². The molecule has 2 fully saturated rings. The van der Waals surface area contributed by atoms with E-state index in [1.54, 1.807) is 0 Å². The highest BCUT2D eigenvalue weighted by Crippen LogP contribution is 2.26. The molecule has 2 rings (SSSR count). The maximum atomic E-state index is 6.39. The SMILES string of the molecule is CN(C)C1CCN(CC(N)C2CCCCC2)C1. The van der Waals surface area contributed by atoms with Gasteiger partial charge in [-0.1, -0.05) is 19.3 Å². The molecule has 1 saturated heterocycles. The number of rotatable bonds is 4. The third kappa shape index (κ3) is 3.67. The van der Waals surface area contributed by atoms with E-state index < -0.39 is 0 Å². The third-order valence-electron chi connectivity index (χ3n) is 4.70. The summed E-state index contributed by atoms with van der Waals surface area (Å²) in [5.41, 5.74) is 6.39. The van der Waals surface area contributed by atoms with Gasteiger partial charge >= 0.3 is 0 Å². The van der Waals surface area contributed by atoms with Gasteiger partial charge in [-0.3, -0.25) is 0 Å². The Balaban J connectivity index is 1.73. The van der Waals surface area contributed by atoms with Gasteiger partial charge in [0.25, 0.3) is 0 Å². The van der Waals surface area contributed by atoms with Gasteiger partial charge in [0.1, 0.15) is 0 Å². The normalized spacial score (nSPS) is 30.0. The van der Waals surface area contributed by atoms with Crippen molar-refractivity contribution in [3.8, 4) is 0 Å². The highest BCUT2D eigenvalue weighted by molar-refractivity contribution is 4.85. The Labute approximate surface area is 106 Å². The van der Waals surface area contributed by atoms with E-state index in [4.69, 9.17) is 5.73 Å². The molecule has 0 spiro atoms. The van der Waals surface area contributed by atoms with Crippen LogP contribution in [-0.4, -0.2) is 55.6 Å². The molecule has 17 heavy (non-hydrogen) atoms. The molecule has 0 radical (unpaired) electrons. The Morgan fingerprint density at radius 3 is 2.47 bits per heavy atom. The summed E-state index contributed by atoms with van der Waals surface area (Å²) in [7, 11) is 4.38. The minimum absolute atomic E-state index is 0.413. The number of hydrogen-bond acceptors (Lipinski definition) is 3. The molecule has 3 nitrogen and oxygen atoms in total. The zero-order valence-electron chi connectivity index (χ0n) is 11.6. The Morgan fingerprint density at radius 1 is 1.18 bits per heavy atom. The molecule has 2 atom stereocenters. The van der Waals surface area contributed by atoms with Crippen molar-refractivity contribution in [1.29, 1.82) is 0 Å². The fourth-order valence-corrected chi connectivity index (χ4v) is 3.41. The fourth-order valence-electron chi connectivity index (χ4n) is 3.41. The molecular weight excluding hydrogens is 210 g/mol. The summed E-state index contributed by atoms with van der Waals surface area (Å²) in [5.74, 6) is 0.794. The summed E-state index contributed by atoms with van der Waals surface area (Å²) >= 11 is 0. The van der Waals surface area contributed by atoms with Crippen LogP contribution in [0.15, 0.2) is 0 Å². The highest BCUT2D eigenvalue weighted by Gasteiger charge is 2.27. The molecule has 3 heteroatoms. The lowest BCUT2D eigenvalue weighted by atomic mass is 9.84. The average Bonchev–Trinajstić information content (AvgIpc) is 2.79. The molecule has 0 bridgehead atoms. The van der Waals surface area contributed by atoms with Crippen LogP contribution in [0.2, 0.25) is 0 Å². The van der Waals surface area contributed by atoms with E-state index >= 15 is 0 Å². The van der Waals surface area contributed by atoms with E-state index in [2.05, 4.69) is 23.9 Å². The van der Waals surface area contributed by atoms with Crippen molar-refractivity contribution in [2.75, 3.05) is 33.7 Å². The fraction of sp³-hybridized carbons (Fsp3) is 1.00. The number of nitrogens with zero attached hydrogens (tertiary/aromatic N) is 2. The quantitative estimate of drug-likeness (QED) is 0.807. The zero-order chi connectivity index (χ0) is 12.3. The maximum Gasteiger partial charge on any atom is 0.0229 e. The molecule has 1 aliphatic heterocycles. The second-order valence-electron chi connectivity index (χ2n) is 6.23. The molecular formula is C14H29N3. The van der Waals surface area contributed by atoms with E-state index in [0.29, 0.717) is 6.04 Å². The van der Waals surface area contributed by atoms with Crippen LogP contribution in [0.25, 0.3) is 0 Å². The van der Waals surface area contributed by atoms with Crippen molar-refractivity contribution in [1.82, 2.24) is 9.80 Å². The molecule has 0 aromatic carbocycles. The van der Waals surface area contributed by atoms with E-state index in [1.165, 1.54) is 51.6 Å². The molecule has 0 amide bonds. The first kappa shape index (κ1) is 13.3. The summed E-state index contributed by atoms with van der Waals surface area (Å²) in [6.07, 6.45) is 8.27. The van der Waals surface area contributed by atoms with Crippen LogP contribution in [0.1, 0.15) is 38.5 Å². The minimum atomic E-state index is 0.413. The second kappa shape index (κ2) is 6.17. The van der Waals surface area contributed by atoms with Crippen molar-refractivity contribution in [3.05, 3.63) is 0 Å². The second-order valence-corrected chi connectivity index (χ2v) is 6.23. The first-order valence-electron chi connectivity index (χ1n) is 7.31. The van der Waals surface area contributed by atoms with E-state index in [9.17, 15) is 0 Å². The summed E-state index contributed by atoms with van der Waals surface area (Å²) < 4.78 is 0. The van der Waals surface area contributed by atoms with E-state index in [1.807, 2.05) is 0 Å². The first-order valence-corrected chi connectivity index (χ1v) is 7.31. The average molecular weight is 239 g/mol. The Bertz CT molecular complexity index is 224. The molecule has 1 heterocycles.